The van der Waals surface area contributed by atoms with Crippen molar-refractivity contribution in [2.75, 3.05) is 13.2 Å². The molecule has 0 spiro atoms. The van der Waals surface area contributed by atoms with Gasteiger partial charge >= 0.3 is 11.9 Å². The molecule has 4 atom stereocenters. The molecule has 0 heterocycles. The van der Waals surface area contributed by atoms with Crippen LogP contribution in [0.1, 0.15) is 62.3 Å². The number of rotatable bonds is 13. The average molecular weight is 633 g/mol. The Hall–Kier alpha value is -2.35. The van der Waals surface area contributed by atoms with Crippen LogP contribution in [0.25, 0.3) is 0 Å². The Kier molecular flexibility index (Phi) is 12.1. The molecule has 0 amide bonds. The predicted octanol–water partition coefficient (Wildman–Crippen LogP) is 4.56. The Balaban J connectivity index is 2.59. The van der Waals surface area contributed by atoms with Crippen LogP contribution in [0, 0.1) is 0 Å². The summed E-state index contributed by atoms with van der Waals surface area (Å²) in [6.45, 7) is 20.1. The summed E-state index contributed by atoms with van der Waals surface area (Å²) in [7, 11) is -5.38. The normalized spacial score (nSPS) is 16.5. The lowest BCUT2D eigenvalue weighted by atomic mass is 9.89. The van der Waals surface area contributed by atoms with Crippen molar-refractivity contribution in [1.82, 2.24) is 0 Å². The van der Waals surface area contributed by atoms with E-state index in [0.29, 0.717) is 0 Å². The van der Waals surface area contributed by atoms with Crippen LogP contribution < -0.4 is 10.4 Å². The van der Waals surface area contributed by atoms with Crippen molar-refractivity contribution < 1.29 is 38.1 Å². The summed E-state index contributed by atoms with van der Waals surface area (Å²) in [5, 5.41) is 24.5. The Labute approximate surface area is 260 Å². The number of aliphatic hydroxyl groups is 2. The molecule has 2 N–H and O–H groups in total. The molecule has 2 rings (SSSR count). The zero-order valence-corrected chi connectivity index (χ0v) is 29.8. The summed E-state index contributed by atoms with van der Waals surface area (Å²) in [5.74, 6) is -1.35. The summed E-state index contributed by atoms with van der Waals surface area (Å²) in [4.78, 5) is 24.8. The monoisotopic (exact) mass is 632 g/mol. The van der Waals surface area contributed by atoms with Gasteiger partial charge in [0, 0.05) is 13.8 Å². The van der Waals surface area contributed by atoms with Gasteiger partial charge in [0.2, 0.25) is 0 Å². The first-order valence-electron chi connectivity index (χ1n) is 14.8. The van der Waals surface area contributed by atoms with Gasteiger partial charge in [0.05, 0.1) is 13.2 Å². The lowest BCUT2D eigenvalue weighted by Gasteiger charge is -2.45. The van der Waals surface area contributed by atoms with E-state index >= 15 is 0 Å². The fourth-order valence-electron chi connectivity index (χ4n) is 4.98. The molecule has 0 saturated carbocycles. The highest BCUT2D eigenvalue weighted by atomic mass is 28.4. The molecule has 2 aromatic rings. The topological polar surface area (TPSA) is 112 Å². The number of benzene rings is 2. The number of aliphatic hydroxyl groups excluding tert-OH is 1. The van der Waals surface area contributed by atoms with Gasteiger partial charge in [-0.3, -0.25) is 9.59 Å². The van der Waals surface area contributed by atoms with Gasteiger partial charge in [0.15, 0.2) is 20.5 Å². The summed E-state index contributed by atoms with van der Waals surface area (Å²) >= 11 is 0. The molecule has 0 aromatic heterocycles. The maximum atomic E-state index is 12.4. The highest BCUT2D eigenvalue weighted by molar-refractivity contribution is 6.99. The number of hydrogen-bond acceptors (Lipinski definition) is 8. The predicted molar refractivity (Wildman–Crippen MR) is 174 cm³/mol. The van der Waals surface area contributed by atoms with Crippen molar-refractivity contribution in [3.8, 4) is 0 Å². The SMILES string of the molecule is CC(=O)O[C@@H](CO[Si](c1ccccc1)(c1ccccc1)C(C)(C)C)[C@H](OC(C)=O)[C@@](C)(O)[C@H](O)CO[Si](C)(C)C(C)(C)C. The molecule has 0 radical (unpaired) electrons. The van der Waals surface area contributed by atoms with Crippen molar-refractivity contribution in [3.63, 3.8) is 0 Å². The van der Waals surface area contributed by atoms with Crippen molar-refractivity contribution in [2.24, 2.45) is 0 Å². The third kappa shape index (κ3) is 8.86. The molecule has 10 heteroatoms. The molecule has 0 fully saturated rings. The molecular formula is C33H52O8Si2. The minimum Gasteiger partial charge on any atom is -0.456 e. The summed E-state index contributed by atoms with van der Waals surface area (Å²) in [5.41, 5.74) is -2.05. The minimum absolute atomic E-state index is 0.127. The molecule has 2 aromatic carbocycles. The van der Waals surface area contributed by atoms with E-state index in [1.165, 1.54) is 20.8 Å². The highest BCUT2D eigenvalue weighted by Gasteiger charge is 2.53. The van der Waals surface area contributed by atoms with Gasteiger partial charge in [-0.1, -0.05) is 102 Å². The van der Waals surface area contributed by atoms with Crippen LogP contribution in [0.2, 0.25) is 23.2 Å². The van der Waals surface area contributed by atoms with E-state index in [9.17, 15) is 19.8 Å². The number of esters is 2. The van der Waals surface area contributed by atoms with Crippen molar-refractivity contribution >= 4 is 38.9 Å². The Morgan fingerprint density at radius 1 is 0.721 bits per heavy atom. The van der Waals surface area contributed by atoms with Crippen LogP contribution in [-0.2, 0) is 27.9 Å². The van der Waals surface area contributed by atoms with Crippen LogP contribution >= 0.6 is 0 Å². The highest BCUT2D eigenvalue weighted by Crippen LogP contribution is 2.39. The molecule has 43 heavy (non-hydrogen) atoms. The fourth-order valence-corrected chi connectivity index (χ4v) is 10.6. The first-order chi connectivity index (χ1) is 19.7. The fraction of sp³-hybridized carbons (Fsp3) is 0.576. The van der Waals surface area contributed by atoms with Crippen LogP contribution in [0.15, 0.2) is 60.7 Å². The number of hydrogen-bond donors (Lipinski definition) is 2. The molecule has 240 valence electrons. The van der Waals surface area contributed by atoms with E-state index in [1.54, 1.807) is 0 Å². The second kappa shape index (κ2) is 14.2. The number of carbonyl (C=O) groups excluding carboxylic acids is 2. The van der Waals surface area contributed by atoms with Crippen molar-refractivity contribution in [3.05, 3.63) is 60.7 Å². The smallest absolute Gasteiger partial charge is 0.303 e. The van der Waals surface area contributed by atoms with Gasteiger partial charge in [-0.05, 0) is 40.5 Å². The average Bonchev–Trinajstić information content (AvgIpc) is 2.89. The zero-order valence-electron chi connectivity index (χ0n) is 27.8. The van der Waals surface area contributed by atoms with Gasteiger partial charge in [0.1, 0.15) is 11.7 Å². The standard InChI is InChI=1S/C33H52O8Si2/c1-24(34)40-28(30(41-25(2)35)33(9,37)29(36)23-38-42(10,11)31(3,4)5)22-39-43(32(6,7)8,26-18-14-12-15-19-26)27-20-16-13-17-21-27/h12-21,28-30,36-37H,22-23H2,1-11H3/t28-,29+,30-,33-/m0/s1. The van der Waals surface area contributed by atoms with Gasteiger partial charge in [-0.25, -0.2) is 0 Å². The Morgan fingerprint density at radius 2 is 1.16 bits per heavy atom. The van der Waals surface area contributed by atoms with Crippen LogP contribution in [0.3, 0.4) is 0 Å². The van der Waals surface area contributed by atoms with E-state index < -0.39 is 52.5 Å². The molecule has 0 aliphatic heterocycles. The van der Waals surface area contributed by atoms with E-state index in [0.717, 1.165) is 10.4 Å². The van der Waals surface area contributed by atoms with Crippen LogP contribution in [0.4, 0.5) is 0 Å². The van der Waals surface area contributed by atoms with Gasteiger partial charge in [-0.15, -0.1) is 0 Å². The van der Waals surface area contributed by atoms with Crippen molar-refractivity contribution in [2.45, 2.75) is 109 Å². The van der Waals surface area contributed by atoms with E-state index in [1.807, 2.05) is 73.8 Å². The third-order valence-corrected chi connectivity index (χ3v) is 18.0. The van der Waals surface area contributed by atoms with E-state index in [2.05, 4.69) is 41.5 Å². The van der Waals surface area contributed by atoms with Crippen LogP contribution in [0.5, 0.6) is 0 Å². The molecule has 0 unspecified atom stereocenters. The third-order valence-electron chi connectivity index (χ3n) is 8.49. The zero-order chi connectivity index (χ0) is 32.9. The molecule has 0 aliphatic carbocycles. The second-order valence-corrected chi connectivity index (χ2v) is 23.1. The largest absolute Gasteiger partial charge is 0.456 e. The number of ether oxygens (including phenoxy) is 2. The minimum atomic E-state index is -3.09. The van der Waals surface area contributed by atoms with Gasteiger partial charge < -0.3 is 28.5 Å². The summed E-state index contributed by atoms with van der Waals surface area (Å²) in [6, 6.07) is 19.9. The Morgan fingerprint density at radius 3 is 1.53 bits per heavy atom. The van der Waals surface area contributed by atoms with Crippen LogP contribution in [-0.4, -0.2) is 75.9 Å². The van der Waals surface area contributed by atoms with Gasteiger partial charge in [-0.2, -0.15) is 0 Å². The summed E-state index contributed by atoms with van der Waals surface area (Å²) in [6.07, 6.45) is -4.15. The first kappa shape index (κ1) is 36.8. The van der Waals surface area contributed by atoms with Crippen molar-refractivity contribution in [1.29, 1.82) is 0 Å². The van der Waals surface area contributed by atoms with E-state index in [4.69, 9.17) is 18.3 Å². The molecule has 0 saturated heterocycles. The first-order valence-corrected chi connectivity index (χ1v) is 19.6. The summed E-state index contributed by atoms with van der Waals surface area (Å²) < 4.78 is 24.5. The van der Waals surface area contributed by atoms with Gasteiger partial charge in [0.25, 0.3) is 8.32 Å². The molecule has 0 bridgehead atoms. The quantitative estimate of drug-likeness (QED) is 0.244. The molecule has 0 aliphatic rings. The lowest BCUT2D eigenvalue weighted by molar-refractivity contribution is -0.210. The number of carbonyl (C=O) groups is 2. The maximum Gasteiger partial charge on any atom is 0.303 e. The second-order valence-electron chi connectivity index (χ2n) is 14.0. The lowest BCUT2D eigenvalue weighted by Crippen LogP contribution is -2.68. The maximum absolute atomic E-state index is 12.4. The van der Waals surface area contributed by atoms with E-state index in [-0.39, 0.29) is 23.3 Å². The molecular weight excluding hydrogens is 581 g/mol. The molecule has 8 nitrogen and oxygen atoms in total. The Bertz CT molecular complexity index is 1150.